The molecule has 0 radical (unpaired) electrons. The fourth-order valence-electron chi connectivity index (χ4n) is 4.46. The molecule has 4 aromatic rings. The smallest absolute Gasteiger partial charge is 0.231 e. The minimum Gasteiger partial charge on any atom is -0.476 e. The van der Waals surface area contributed by atoms with E-state index < -0.39 is 5.41 Å². The number of nitrogens with zero attached hydrogens (tertiary/aromatic N) is 8. The second-order valence-electron chi connectivity index (χ2n) is 9.59. The predicted molar refractivity (Wildman–Crippen MR) is 133 cm³/mol. The van der Waals surface area contributed by atoms with Gasteiger partial charge in [-0.05, 0) is 39.5 Å². The average molecular weight is 499 g/mol. The molecule has 1 aliphatic heterocycles. The van der Waals surface area contributed by atoms with Crippen molar-refractivity contribution in [3.8, 4) is 23.3 Å². The highest BCUT2D eigenvalue weighted by molar-refractivity contribution is 5.58. The van der Waals surface area contributed by atoms with Crippen LogP contribution in [0.1, 0.15) is 48.9 Å². The maximum absolute atomic E-state index is 9.46. The zero-order chi connectivity index (χ0) is 25.4. The van der Waals surface area contributed by atoms with Crippen LogP contribution in [-0.2, 0) is 0 Å². The summed E-state index contributed by atoms with van der Waals surface area (Å²) in [4.78, 5) is 20.3. The molecular weight excluding hydrogens is 472 g/mol. The quantitative estimate of drug-likeness (QED) is 0.362. The van der Waals surface area contributed by atoms with Crippen molar-refractivity contribution in [2.75, 3.05) is 23.4 Å². The highest BCUT2D eigenvalue weighted by Crippen LogP contribution is 2.45. The lowest BCUT2D eigenvalue weighted by molar-refractivity contribution is 0.259. The third-order valence-electron chi connectivity index (χ3n) is 6.73. The Kier molecular flexibility index (Phi) is 5.67. The first kappa shape index (κ1) is 22.9. The number of aromatic amines is 1. The van der Waals surface area contributed by atoms with Crippen LogP contribution in [0.3, 0.4) is 0 Å². The molecular formula is C25H26N10O2. The fourth-order valence-corrected chi connectivity index (χ4v) is 4.46. The van der Waals surface area contributed by atoms with Crippen molar-refractivity contribution in [2.24, 2.45) is 5.41 Å². The van der Waals surface area contributed by atoms with Crippen LogP contribution in [0.2, 0.25) is 0 Å². The molecule has 0 bridgehead atoms. The van der Waals surface area contributed by atoms with E-state index in [1.54, 1.807) is 18.5 Å². The molecule has 1 unspecified atom stereocenters. The van der Waals surface area contributed by atoms with E-state index in [0.717, 1.165) is 43.6 Å². The van der Waals surface area contributed by atoms with Gasteiger partial charge in [0.1, 0.15) is 23.8 Å². The maximum Gasteiger partial charge on any atom is 0.231 e. The Morgan fingerprint density at radius 3 is 2.81 bits per heavy atom. The molecule has 2 fully saturated rings. The van der Waals surface area contributed by atoms with Gasteiger partial charge in [-0.1, -0.05) is 5.16 Å². The van der Waals surface area contributed by atoms with E-state index >= 15 is 0 Å². The summed E-state index contributed by atoms with van der Waals surface area (Å²) in [5, 5.41) is 24.1. The van der Waals surface area contributed by atoms with Gasteiger partial charge in [-0.25, -0.2) is 0 Å². The van der Waals surface area contributed by atoms with Gasteiger partial charge in [0.25, 0.3) is 0 Å². The molecule has 0 amide bonds. The van der Waals surface area contributed by atoms with E-state index in [1.807, 2.05) is 26.0 Å². The predicted octanol–water partition coefficient (Wildman–Crippen LogP) is 4.03. The van der Waals surface area contributed by atoms with Crippen molar-refractivity contribution in [3.05, 3.63) is 47.7 Å². The molecule has 2 N–H and O–H groups in total. The van der Waals surface area contributed by atoms with E-state index in [4.69, 9.17) is 19.2 Å². The summed E-state index contributed by atoms with van der Waals surface area (Å²) >= 11 is 0. The maximum atomic E-state index is 9.46. The normalized spacial score (nSPS) is 18.0. The molecule has 188 valence electrons. The number of H-pyrrole nitrogens is 1. The summed E-state index contributed by atoms with van der Waals surface area (Å²) in [7, 11) is 0. The molecule has 5 heterocycles. The fraction of sp³-hybridized carbons (Fsp3) is 0.400. The van der Waals surface area contributed by atoms with Crippen molar-refractivity contribution < 1.29 is 9.26 Å². The number of aryl methyl sites for hydroxylation is 2. The number of nitriles is 1. The van der Waals surface area contributed by atoms with Gasteiger partial charge in [-0.15, -0.1) is 0 Å². The van der Waals surface area contributed by atoms with Crippen molar-refractivity contribution in [1.82, 2.24) is 35.3 Å². The summed E-state index contributed by atoms with van der Waals surface area (Å²) in [6.07, 6.45) is 6.78. The molecule has 1 saturated heterocycles. The molecule has 1 aliphatic carbocycles. The third-order valence-corrected chi connectivity index (χ3v) is 6.73. The molecule has 1 saturated carbocycles. The number of aromatic nitrogens is 7. The molecule has 12 nitrogen and oxygen atoms in total. The summed E-state index contributed by atoms with van der Waals surface area (Å²) in [6, 6.07) is 7.80. The topological polar surface area (TPSA) is 155 Å². The molecule has 0 spiro atoms. The molecule has 2 aliphatic rings. The number of hydrogen-bond donors (Lipinski definition) is 2. The first-order valence-electron chi connectivity index (χ1n) is 12.3. The van der Waals surface area contributed by atoms with Crippen molar-refractivity contribution in [1.29, 1.82) is 5.26 Å². The van der Waals surface area contributed by atoms with Crippen LogP contribution in [-0.4, -0.2) is 48.4 Å². The monoisotopic (exact) mass is 498 g/mol. The summed E-state index contributed by atoms with van der Waals surface area (Å²) in [5.41, 5.74) is 2.64. The van der Waals surface area contributed by atoms with Crippen LogP contribution in [0.5, 0.6) is 5.88 Å². The van der Waals surface area contributed by atoms with Gasteiger partial charge in [0, 0.05) is 42.8 Å². The minimum atomic E-state index is -0.414. The Bertz CT molecular complexity index is 1470. The van der Waals surface area contributed by atoms with Gasteiger partial charge < -0.3 is 19.5 Å². The Balaban J connectivity index is 1.30. The largest absolute Gasteiger partial charge is 0.476 e. The third kappa shape index (κ3) is 4.67. The highest BCUT2D eigenvalue weighted by atomic mass is 16.5. The highest BCUT2D eigenvalue weighted by Gasteiger charge is 2.44. The number of rotatable bonds is 8. The second-order valence-corrected chi connectivity index (χ2v) is 9.59. The van der Waals surface area contributed by atoms with Crippen molar-refractivity contribution in [3.63, 3.8) is 0 Å². The molecule has 0 aromatic carbocycles. The lowest BCUT2D eigenvalue weighted by Crippen LogP contribution is -2.25. The van der Waals surface area contributed by atoms with Crippen LogP contribution in [0.4, 0.5) is 17.6 Å². The van der Waals surface area contributed by atoms with Crippen LogP contribution in [0.15, 0.2) is 35.1 Å². The van der Waals surface area contributed by atoms with Gasteiger partial charge in [0.15, 0.2) is 11.6 Å². The average Bonchev–Trinajstić information content (AvgIpc) is 3.25. The second kappa shape index (κ2) is 9.16. The molecule has 1 atom stereocenters. The van der Waals surface area contributed by atoms with E-state index in [-0.39, 0.29) is 6.04 Å². The SMILES string of the molecule is Cc1cc(Nc2cc(OCC3(C#N)CC3)nc(N3CCCC3c3cc(-c4nccnc4C)no3)n2)n[nH]1. The Morgan fingerprint density at radius 1 is 1.19 bits per heavy atom. The standard InChI is InChI=1S/C25H26N10O2/c1-15-10-21(33-32-15)29-20-12-22(36-14-25(13-26)5-6-25)31-24(30-20)35-9-3-4-18(35)19-11-17(34-37-19)23-16(2)27-7-8-28-23/h7-8,10-12,18H,3-6,9,14H2,1-2H3,(H2,29,30,31,32,33). The van der Waals surface area contributed by atoms with E-state index in [9.17, 15) is 5.26 Å². The molecule has 37 heavy (non-hydrogen) atoms. The first-order chi connectivity index (χ1) is 18.0. The van der Waals surface area contributed by atoms with E-state index in [2.05, 4.69) is 41.6 Å². The molecule has 4 aromatic heterocycles. The van der Waals surface area contributed by atoms with Gasteiger partial charge in [-0.2, -0.15) is 20.3 Å². The lowest BCUT2D eigenvalue weighted by atomic mass is 10.1. The van der Waals surface area contributed by atoms with Crippen LogP contribution in [0.25, 0.3) is 11.4 Å². The Hall–Kier alpha value is -4.53. The zero-order valence-corrected chi connectivity index (χ0v) is 20.6. The number of anilines is 3. The van der Waals surface area contributed by atoms with E-state index in [0.29, 0.717) is 47.2 Å². The van der Waals surface area contributed by atoms with Crippen molar-refractivity contribution in [2.45, 2.75) is 45.6 Å². The minimum absolute atomic E-state index is 0.0946. The van der Waals surface area contributed by atoms with Gasteiger partial charge >= 0.3 is 0 Å². The Labute approximate surface area is 213 Å². The Morgan fingerprint density at radius 2 is 2.05 bits per heavy atom. The summed E-state index contributed by atoms with van der Waals surface area (Å²) in [5.74, 6) is 2.81. The number of nitrogens with one attached hydrogen (secondary N) is 2. The zero-order valence-electron chi connectivity index (χ0n) is 20.6. The van der Waals surface area contributed by atoms with Gasteiger partial charge in [-0.3, -0.25) is 15.1 Å². The summed E-state index contributed by atoms with van der Waals surface area (Å²) < 4.78 is 11.8. The molecule has 12 heteroatoms. The number of ether oxygens (including phenoxy) is 1. The first-order valence-corrected chi connectivity index (χ1v) is 12.3. The van der Waals surface area contributed by atoms with Gasteiger partial charge in [0.2, 0.25) is 11.8 Å². The van der Waals surface area contributed by atoms with Crippen LogP contribution >= 0.6 is 0 Å². The van der Waals surface area contributed by atoms with Gasteiger partial charge in [0.05, 0.1) is 23.2 Å². The summed E-state index contributed by atoms with van der Waals surface area (Å²) in [6.45, 7) is 4.87. The van der Waals surface area contributed by atoms with Crippen LogP contribution in [0, 0.1) is 30.6 Å². The van der Waals surface area contributed by atoms with Crippen molar-refractivity contribution >= 4 is 17.6 Å². The lowest BCUT2D eigenvalue weighted by Gasteiger charge is -2.23. The molecule has 6 rings (SSSR count). The van der Waals surface area contributed by atoms with Crippen LogP contribution < -0.4 is 15.0 Å². The van der Waals surface area contributed by atoms with E-state index in [1.165, 1.54) is 0 Å². The number of hydrogen-bond acceptors (Lipinski definition) is 11.